The van der Waals surface area contributed by atoms with Crippen LogP contribution in [0.4, 0.5) is 4.39 Å². The minimum absolute atomic E-state index is 0.130. The Bertz CT molecular complexity index is 340. The lowest BCUT2D eigenvalue weighted by atomic mass is 9.88. The summed E-state index contributed by atoms with van der Waals surface area (Å²) in [6, 6.07) is 6.97. The Morgan fingerprint density at radius 2 is 2.19 bits per heavy atom. The highest BCUT2D eigenvalue weighted by Gasteiger charge is 2.25. The van der Waals surface area contributed by atoms with E-state index in [1.54, 1.807) is 12.1 Å². The molecule has 2 heteroatoms. The van der Waals surface area contributed by atoms with Gasteiger partial charge in [-0.1, -0.05) is 25.0 Å². The zero-order chi connectivity index (χ0) is 11.4. The molecule has 0 amide bonds. The molecule has 0 saturated carbocycles. The summed E-state index contributed by atoms with van der Waals surface area (Å²) in [6.45, 7) is 3.34. The van der Waals surface area contributed by atoms with Crippen molar-refractivity contribution in [2.24, 2.45) is 0 Å². The average molecular weight is 221 g/mol. The molecule has 88 valence electrons. The highest BCUT2D eigenvalue weighted by molar-refractivity contribution is 5.19. The van der Waals surface area contributed by atoms with Crippen LogP contribution in [0.3, 0.4) is 0 Å². The summed E-state index contributed by atoms with van der Waals surface area (Å²) in [5.74, 6) is -0.130. The minimum Gasteiger partial charge on any atom is -0.311 e. The Morgan fingerprint density at radius 3 is 3.00 bits per heavy atom. The molecule has 16 heavy (non-hydrogen) atoms. The number of hydrogen-bond donors (Lipinski definition) is 1. The zero-order valence-electron chi connectivity index (χ0n) is 9.93. The quantitative estimate of drug-likeness (QED) is 0.808. The molecule has 1 aliphatic heterocycles. The van der Waals surface area contributed by atoms with Crippen LogP contribution in [0.25, 0.3) is 0 Å². The van der Waals surface area contributed by atoms with Crippen molar-refractivity contribution in [2.45, 2.75) is 44.6 Å². The summed E-state index contributed by atoms with van der Waals surface area (Å²) in [5.41, 5.74) is 1.24. The van der Waals surface area contributed by atoms with Gasteiger partial charge in [0.2, 0.25) is 0 Å². The first-order valence-corrected chi connectivity index (χ1v) is 6.17. The lowest BCUT2D eigenvalue weighted by Gasteiger charge is -2.29. The fraction of sp³-hybridized carbons (Fsp3) is 0.571. The van der Waals surface area contributed by atoms with Crippen LogP contribution in [0.15, 0.2) is 24.3 Å². The van der Waals surface area contributed by atoms with Crippen molar-refractivity contribution in [1.29, 1.82) is 0 Å². The van der Waals surface area contributed by atoms with Crippen LogP contribution >= 0.6 is 0 Å². The van der Waals surface area contributed by atoms with E-state index >= 15 is 0 Å². The van der Waals surface area contributed by atoms with Crippen LogP contribution in [-0.2, 0) is 6.42 Å². The van der Waals surface area contributed by atoms with Crippen molar-refractivity contribution in [3.63, 3.8) is 0 Å². The van der Waals surface area contributed by atoms with E-state index in [2.05, 4.69) is 12.2 Å². The topological polar surface area (TPSA) is 12.0 Å². The number of halogens is 1. The van der Waals surface area contributed by atoms with Gasteiger partial charge in [-0.3, -0.25) is 0 Å². The molecule has 0 radical (unpaired) electrons. The van der Waals surface area contributed by atoms with E-state index in [0.717, 1.165) is 18.5 Å². The van der Waals surface area contributed by atoms with Crippen LogP contribution in [0, 0.1) is 5.82 Å². The summed E-state index contributed by atoms with van der Waals surface area (Å²) >= 11 is 0. The van der Waals surface area contributed by atoms with Crippen molar-refractivity contribution in [3.8, 4) is 0 Å². The van der Waals surface area contributed by atoms with Gasteiger partial charge >= 0.3 is 0 Å². The Morgan fingerprint density at radius 1 is 1.31 bits per heavy atom. The maximum atomic E-state index is 13.1. The molecule has 1 aliphatic rings. The maximum absolute atomic E-state index is 13.1. The van der Waals surface area contributed by atoms with Gasteiger partial charge in [-0.25, -0.2) is 4.39 Å². The van der Waals surface area contributed by atoms with Crippen LogP contribution < -0.4 is 5.32 Å². The molecule has 0 spiro atoms. The second kappa shape index (κ2) is 4.96. The van der Waals surface area contributed by atoms with Gasteiger partial charge in [-0.15, -0.1) is 0 Å². The Labute approximate surface area is 97.1 Å². The molecule has 1 aromatic rings. The fourth-order valence-corrected chi connectivity index (χ4v) is 2.54. The predicted octanol–water partition coefficient (Wildman–Crippen LogP) is 3.29. The molecule has 0 aliphatic carbocycles. The second-order valence-corrected chi connectivity index (χ2v) is 5.10. The van der Waals surface area contributed by atoms with Gasteiger partial charge in [-0.2, -0.15) is 0 Å². The summed E-state index contributed by atoms with van der Waals surface area (Å²) in [5, 5.41) is 3.60. The third kappa shape index (κ3) is 3.05. The zero-order valence-corrected chi connectivity index (χ0v) is 9.93. The van der Waals surface area contributed by atoms with Gasteiger partial charge in [0, 0.05) is 5.54 Å². The van der Waals surface area contributed by atoms with Crippen LogP contribution in [-0.4, -0.2) is 12.1 Å². The number of rotatable bonds is 2. The molecule has 0 bridgehead atoms. The van der Waals surface area contributed by atoms with E-state index in [4.69, 9.17) is 0 Å². The van der Waals surface area contributed by atoms with Crippen LogP contribution in [0.1, 0.15) is 38.2 Å². The van der Waals surface area contributed by atoms with E-state index in [1.807, 2.05) is 6.07 Å². The molecule has 0 aromatic heterocycles. The molecular weight excluding hydrogens is 201 g/mol. The first kappa shape index (κ1) is 11.6. The Kier molecular flexibility index (Phi) is 3.59. The van der Waals surface area contributed by atoms with Gasteiger partial charge in [0.15, 0.2) is 0 Å². The molecule has 1 aromatic carbocycles. The molecule has 1 heterocycles. The monoisotopic (exact) mass is 221 g/mol. The minimum atomic E-state index is -0.130. The molecule has 1 saturated heterocycles. The van der Waals surface area contributed by atoms with Gasteiger partial charge in [-0.05, 0) is 50.4 Å². The van der Waals surface area contributed by atoms with E-state index in [-0.39, 0.29) is 11.4 Å². The molecular formula is C14H20FN. The van der Waals surface area contributed by atoms with Crippen molar-refractivity contribution in [3.05, 3.63) is 35.6 Å². The standard InChI is InChI=1S/C14H20FN/c1-14(8-3-2-4-9-16-14)11-12-6-5-7-13(15)10-12/h5-7,10,16H,2-4,8-9,11H2,1H3. The van der Waals surface area contributed by atoms with Crippen molar-refractivity contribution in [1.82, 2.24) is 5.32 Å². The van der Waals surface area contributed by atoms with Crippen molar-refractivity contribution >= 4 is 0 Å². The highest BCUT2D eigenvalue weighted by Crippen LogP contribution is 2.23. The lowest BCUT2D eigenvalue weighted by molar-refractivity contribution is 0.345. The van der Waals surface area contributed by atoms with Gasteiger partial charge in [0.1, 0.15) is 5.82 Å². The van der Waals surface area contributed by atoms with Crippen LogP contribution in [0.2, 0.25) is 0 Å². The van der Waals surface area contributed by atoms with Crippen molar-refractivity contribution in [2.75, 3.05) is 6.54 Å². The van der Waals surface area contributed by atoms with E-state index in [0.29, 0.717) is 0 Å². The largest absolute Gasteiger partial charge is 0.311 e. The first-order valence-electron chi connectivity index (χ1n) is 6.17. The smallest absolute Gasteiger partial charge is 0.123 e. The van der Waals surface area contributed by atoms with E-state index in [1.165, 1.54) is 31.7 Å². The number of hydrogen-bond acceptors (Lipinski definition) is 1. The lowest BCUT2D eigenvalue weighted by Crippen LogP contribution is -2.43. The number of benzene rings is 1. The first-order chi connectivity index (χ1) is 7.68. The Hall–Kier alpha value is -0.890. The molecule has 1 atom stereocenters. The molecule has 1 unspecified atom stereocenters. The highest BCUT2D eigenvalue weighted by atomic mass is 19.1. The fourth-order valence-electron chi connectivity index (χ4n) is 2.54. The Balaban J connectivity index is 2.06. The van der Waals surface area contributed by atoms with Gasteiger partial charge in [0.05, 0.1) is 0 Å². The summed E-state index contributed by atoms with van der Waals surface area (Å²) < 4.78 is 13.1. The van der Waals surface area contributed by atoms with Crippen LogP contribution in [0.5, 0.6) is 0 Å². The van der Waals surface area contributed by atoms with E-state index < -0.39 is 0 Å². The van der Waals surface area contributed by atoms with Gasteiger partial charge < -0.3 is 5.32 Å². The molecule has 1 N–H and O–H groups in total. The van der Waals surface area contributed by atoms with Crippen molar-refractivity contribution < 1.29 is 4.39 Å². The molecule has 1 fully saturated rings. The SMILES string of the molecule is CC1(Cc2cccc(F)c2)CCCCCN1. The molecule has 2 rings (SSSR count). The van der Waals surface area contributed by atoms with E-state index in [9.17, 15) is 4.39 Å². The summed E-state index contributed by atoms with van der Waals surface area (Å²) in [7, 11) is 0. The van der Waals surface area contributed by atoms with Gasteiger partial charge in [0.25, 0.3) is 0 Å². The number of nitrogens with one attached hydrogen (secondary N) is 1. The summed E-state index contributed by atoms with van der Waals surface area (Å²) in [6.07, 6.45) is 5.96. The predicted molar refractivity (Wildman–Crippen MR) is 65.0 cm³/mol. The maximum Gasteiger partial charge on any atom is 0.123 e. The molecule has 1 nitrogen and oxygen atoms in total. The third-order valence-electron chi connectivity index (χ3n) is 3.44. The normalized spacial score (nSPS) is 26.4. The summed E-state index contributed by atoms with van der Waals surface area (Å²) in [4.78, 5) is 0. The average Bonchev–Trinajstić information content (AvgIpc) is 2.43. The third-order valence-corrected chi connectivity index (χ3v) is 3.44. The second-order valence-electron chi connectivity index (χ2n) is 5.10.